The molecule has 1 saturated carbocycles. The van der Waals surface area contributed by atoms with Crippen molar-refractivity contribution >= 4 is 12.4 Å². The van der Waals surface area contributed by atoms with Gasteiger partial charge in [0.15, 0.2) is 11.6 Å². The lowest BCUT2D eigenvalue weighted by Crippen LogP contribution is -2.38. The van der Waals surface area contributed by atoms with E-state index < -0.39 is 0 Å². The fraction of sp³-hybridized carbons (Fsp3) is 0.625. The molecule has 3 nitrogen and oxygen atoms in total. The molecule has 2 fully saturated rings. The first-order chi connectivity index (χ1) is 9.67. The summed E-state index contributed by atoms with van der Waals surface area (Å²) in [6.07, 6.45) is 3.71. The molecule has 0 amide bonds. The maximum absolute atomic E-state index is 13.7. The van der Waals surface area contributed by atoms with Crippen molar-refractivity contribution in [2.24, 2.45) is 17.6 Å². The number of likely N-dealkylation sites (tertiary alicyclic amines) is 1. The van der Waals surface area contributed by atoms with Crippen molar-refractivity contribution in [3.8, 4) is 5.75 Å². The van der Waals surface area contributed by atoms with Crippen LogP contribution in [-0.2, 0) is 6.54 Å². The van der Waals surface area contributed by atoms with E-state index in [1.807, 2.05) is 6.07 Å². The predicted octanol–water partition coefficient (Wildman–Crippen LogP) is 2.82. The topological polar surface area (TPSA) is 38.5 Å². The van der Waals surface area contributed by atoms with Gasteiger partial charge in [0.05, 0.1) is 7.11 Å². The van der Waals surface area contributed by atoms with Gasteiger partial charge in [0.2, 0.25) is 0 Å². The van der Waals surface area contributed by atoms with Crippen LogP contribution in [-0.4, -0.2) is 31.1 Å². The summed E-state index contributed by atoms with van der Waals surface area (Å²) in [5.74, 6) is 1.40. The number of methoxy groups -OCH3 is 1. The molecule has 1 saturated heterocycles. The minimum absolute atomic E-state index is 0. The Morgan fingerprint density at radius 1 is 1.33 bits per heavy atom. The Labute approximate surface area is 132 Å². The van der Waals surface area contributed by atoms with Crippen LogP contribution in [0.2, 0.25) is 0 Å². The Morgan fingerprint density at radius 3 is 2.81 bits per heavy atom. The normalized spacial score (nSPS) is 28.8. The van der Waals surface area contributed by atoms with Crippen molar-refractivity contribution in [1.29, 1.82) is 0 Å². The summed E-state index contributed by atoms with van der Waals surface area (Å²) in [5.41, 5.74) is 7.24. The van der Waals surface area contributed by atoms with Crippen LogP contribution in [0.25, 0.3) is 0 Å². The molecule has 118 valence electrons. The van der Waals surface area contributed by atoms with E-state index in [0.717, 1.165) is 37.5 Å². The van der Waals surface area contributed by atoms with Gasteiger partial charge in [-0.2, -0.15) is 0 Å². The first-order valence-electron chi connectivity index (χ1n) is 7.47. The Balaban J connectivity index is 0.00000161. The molecule has 1 heterocycles. The smallest absolute Gasteiger partial charge is 0.165 e. The minimum Gasteiger partial charge on any atom is -0.494 e. The van der Waals surface area contributed by atoms with Crippen molar-refractivity contribution in [3.63, 3.8) is 0 Å². The molecule has 3 rings (SSSR count). The molecule has 2 aliphatic rings. The Morgan fingerprint density at radius 2 is 2.14 bits per heavy atom. The van der Waals surface area contributed by atoms with Crippen LogP contribution in [0.15, 0.2) is 18.2 Å². The SMILES string of the molecule is COc1ccc(CN2CC3CCCC(N)C3C2)cc1F.Cl. The average molecular weight is 315 g/mol. The number of nitrogens with two attached hydrogens (primary N) is 1. The fourth-order valence-corrected chi connectivity index (χ4v) is 3.80. The predicted molar refractivity (Wildman–Crippen MR) is 84.3 cm³/mol. The molecule has 1 aliphatic heterocycles. The van der Waals surface area contributed by atoms with Gasteiger partial charge in [0.1, 0.15) is 0 Å². The number of nitrogens with zero attached hydrogens (tertiary/aromatic N) is 1. The van der Waals surface area contributed by atoms with E-state index >= 15 is 0 Å². The molecule has 1 aromatic rings. The van der Waals surface area contributed by atoms with Crippen LogP contribution < -0.4 is 10.5 Å². The molecule has 5 heteroatoms. The van der Waals surface area contributed by atoms with Crippen LogP contribution >= 0.6 is 12.4 Å². The number of ether oxygens (including phenoxy) is 1. The highest BCUT2D eigenvalue weighted by atomic mass is 35.5. The standard InChI is InChI=1S/C16H23FN2O.ClH/c1-20-16-6-5-11(7-14(16)17)8-19-9-12-3-2-4-15(18)13(12)10-19;/h5-7,12-13,15H,2-4,8-10,18H2,1H3;1H. The molecule has 3 atom stereocenters. The second-order valence-electron chi connectivity index (χ2n) is 6.18. The monoisotopic (exact) mass is 314 g/mol. The lowest BCUT2D eigenvalue weighted by Gasteiger charge is -2.29. The van der Waals surface area contributed by atoms with Gasteiger partial charge in [-0.25, -0.2) is 4.39 Å². The van der Waals surface area contributed by atoms with E-state index in [2.05, 4.69) is 4.90 Å². The molecule has 2 N–H and O–H groups in total. The number of hydrogen-bond acceptors (Lipinski definition) is 3. The van der Waals surface area contributed by atoms with E-state index in [4.69, 9.17) is 10.5 Å². The molecule has 0 bridgehead atoms. The van der Waals surface area contributed by atoms with Gasteiger partial charge in [-0.1, -0.05) is 12.5 Å². The summed E-state index contributed by atoms with van der Waals surface area (Å²) < 4.78 is 18.7. The van der Waals surface area contributed by atoms with Crippen molar-refractivity contribution in [1.82, 2.24) is 4.90 Å². The number of hydrogen-bond donors (Lipinski definition) is 1. The number of benzene rings is 1. The molecule has 1 aliphatic carbocycles. The zero-order valence-corrected chi connectivity index (χ0v) is 13.2. The summed E-state index contributed by atoms with van der Waals surface area (Å²) >= 11 is 0. The molecule has 0 radical (unpaired) electrons. The fourth-order valence-electron chi connectivity index (χ4n) is 3.80. The van der Waals surface area contributed by atoms with E-state index in [0.29, 0.717) is 17.7 Å². The van der Waals surface area contributed by atoms with Crippen molar-refractivity contribution in [3.05, 3.63) is 29.6 Å². The lowest BCUT2D eigenvalue weighted by molar-refractivity contribution is 0.259. The zero-order valence-electron chi connectivity index (χ0n) is 12.4. The summed E-state index contributed by atoms with van der Waals surface area (Å²) in [7, 11) is 1.49. The molecule has 1 aromatic carbocycles. The number of halogens is 2. The van der Waals surface area contributed by atoms with Gasteiger partial charge < -0.3 is 10.5 Å². The highest BCUT2D eigenvalue weighted by molar-refractivity contribution is 5.85. The minimum atomic E-state index is -0.279. The van der Waals surface area contributed by atoms with Crippen LogP contribution in [0.4, 0.5) is 4.39 Å². The summed E-state index contributed by atoms with van der Waals surface area (Å²) in [4.78, 5) is 2.42. The van der Waals surface area contributed by atoms with Gasteiger partial charge in [0.25, 0.3) is 0 Å². The van der Waals surface area contributed by atoms with E-state index in [-0.39, 0.29) is 18.2 Å². The third-order valence-corrected chi connectivity index (χ3v) is 4.85. The van der Waals surface area contributed by atoms with Crippen LogP contribution in [0.5, 0.6) is 5.75 Å². The Bertz CT molecular complexity index is 485. The second kappa shape index (κ2) is 6.95. The van der Waals surface area contributed by atoms with Crippen LogP contribution in [0.1, 0.15) is 24.8 Å². The van der Waals surface area contributed by atoms with E-state index in [1.165, 1.54) is 20.0 Å². The first-order valence-corrected chi connectivity index (χ1v) is 7.47. The molecule has 21 heavy (non-hydrogen) atoms. The highest BCUT2D eigenvalue weighted by Gasteiger charge is 2.38. The van der Waals surface area contributed by atoms with Gasteiger partial charge in [-0.15, -0.1) is 12.4 Å². The maximum Gasteiger partial charge on any atom is 0.165 e. The average Bonchev–Trinajstić information content (AvgIpc) is 2.83. The van der Waals surface area contributed by atoms with Gasteiger partial charge >= 0.3 is 0 Å². The maximum atomic E-state index is 13.7. The third kappa shape index (κ3) is 3.50. The zero-order chi connectivity index (χ0) is 14.1. The third-order valence-electron chi connectivity index (χ3n) is 4.85. The largest absolute Gasteiger partial charge is 0.494 e. The van der Waals surface area contributed by atoms with E-state index in [9.17, 15) is 4.39 Å². The molecule has 0 aromatic heterocycles. The molecule has 0 spiro atoms. The first kappa shape index (κ1) is 16.5. The van der Waals surface area contributed by atoms with Crippen molar-refractivity contribution in [2.75, 3.05) is 20.2 Å². The summed E-state index contributed by atoms with van der Waals surface area (Å²) in [5, 5.41) is 0. The number of fused-ring (bicyclic) bond motifs is 1. The lowest BCUT2D eigenvalue weighted by atomic mass is 9.78. The van der Waals surface area contributed by atoms with E-state index in [1.54, 1.807) is 12.1 Å². The van der Waals surface area contributed by atoms with Crippen LogP contribution in [0.3, 0.4) is 0 Å². The van der Waals surface area contributed by atoms with Crippen molar-refractivity contribution < 1.29 is 9.13 Å². The van der Waals surface area contributed by atoms with Gasteiger partial charge in [-0.3, -0.25) is 4.90 Å². The second-order valence-corrected chi connectivity index (χ2v) is 6.18. The van der Waals surface area contributed by atoms with Gasteiger partial charge in [0, 0.05) is 25.7 Å². The quantitative estimate of drug-likeness (QED) is 0.932. The molecule has 3 unspecified atom stereocenters. The molecular formula is C16H24ClFN2O. The van der Waals surface area contributed by atoms with Gasteiger partial charge in [-0.05, 0) is 42.4 Å². The Hall–Kier alpha value is -0.840. The Kier molecular flexibility index (Phi) is 5.47. The molecular weight excluding hydrogens is 291 g/mol. The highest BCUT2D eigenvalue weighted by Crippen LogP contribution is 2.36. The summed E-state index contributed by atoms with van der Waals surface area (Å²) in [6, 6.07) is 5.59. The summed E-state index contributed by atoms with van der Waals surface area (Å²) in [6.45, 7) is 2.96. The van der Waals surface area contributed by atoms with Crippen molar-refractivity contribution in [2.45, 2.75) is 31.8 Å². The van der Waals surface area contributed by atoms with Crippen LogP contribution in [0, 0.1) is 17.7 Å². The number of rotatable bonds is 3.